The molecule has 0 aliphatic carbocycles. The Morgan fingerprint density at radius 2 is 2.00 bits per heavy atom. The maximum Gasteiger partial charge on any atom is 0.402 e. The molecule has 5 nitrogen and oxygen atoms in total. The first-order valence-corrected chi connectivity index (χ1v) is 7.08. The summed E-state index contributed by atoms with van der Waals surface area (Å²) in [4.78, 5) is 0. The molecule has 0 aromatic carbocycles. The Hall–Kier alpha value is -0.380. The molecule has 2 N–H and O–H groups in total. The third-order valence-corrected chi connectivity index (χ3v) is 4.55. The Bertz CT molecular complexity index is 372. The lowest BCUT2D eigenvalue weighted by Gasteiger charge is -2.35. The molecular weight excluding hydrogens is 271 g/mol. The minimum absolute atomic E-state index is 0.0613. The summed E-state index contributed by atoms with van der Waals surface area (Å²) in [5.41, 5.74) is 0. The molecule has 0 saturated carbocycles. The van der Waals surface area contributed by atoms with E-state index in [-0.39, 0.29) is 25.0 Å². The molecule has 1 aliphatic rings. The zero-order chi connectivity index (χ0) is 14.0. The summed E-state index contributed by atoms with van der Waals surface area (Å²) in [7, 11) is -2.26. The zero-order valence-corrected chi connectivity index (χ0v) is 11.1. The molecular formula is C9H18F3N3O2S. The molecule has 0 aromatic heterocycles. The molecule has 2 atom stereocenters. The van der Waals surface area contributed by atoms with Crippen molar-refractivity contribution in [3.8, 4) is 0 Å². The van der Waals surface area contributed by atoms with Gasteiger partial charge in [-0.2, -0.15) is 30.6 Å². The summed E-state index contributed by atoms with van der Waals surface area (Å²) in [6, 6.07) is 0.194. The summed E-state index contributed by atoms with van der Waals surface area (Å²) in [5, 5.41) is 3.06. The Kier molecular flexibility index (Phi) is 4.98. The van der Waals surface area contributed by atoms with E-state index in [1.54, 1.807) is 11.8 Å². The van der Waals surface area contributed by atoms with E-state index in [0.29, 0.717) is 6.42 Å². The summed E-state index contributed by atoms with van der Waals surface area (Å²) >= 11 is 0. The van der Waals surface area contributed by atoms with E-state index in [2.05, 4.69) is 5.32 Å². The Balaban J connectivity index is 2.59. The van der Waals surface area contributed by atoms with Crippen molar-refractivity contribution in [3.63, 3.8) is 0 Å². The molecule has 0 spiro atoms. The molecule has 1 rings (SSSR count). The average molecular weight is 289 g/mol. The summed E-state index contributed by atoms with van der Waals surface area (Å²) < 4.78 is 61.9. The van der Waals surface area contributed by atoms with Gasteiger partial charge in [-0.3, -0.25) is 0 Å². The van der Waals surface area contributed by atoms with E-state index in [9.17, 15) is 21.6 Å². The zero-order valence-electron chi connectivity index (χ0n) is 10.3. The van der Waals surface area contributed by atoms with E-state index < -0.39 is 22.9 Å². The van der Waals surface area contributed by atoms with Gasteiger partial charge in [-0.15, -0.1) is 0 Å². The number of piperidine rings is 1. The number of alkyl halides is 3. The lowest BCUT2D eigenvalue weighted by molar-refractivity contribution is -0.121. The fourth-order valence-electron chi connectivity index (χ4n) is 2.02. The van der Waals surface area contributed by atoms with Gasteiger partial charge in [-0.1, -0.05) is 6.92 Å². The standard InChI is InChI=1S/C9H18F3N3O2S/c1-7-5-15(4-3-8(7)13-2)18(16,17)14-6-9(10,11)12/h7-8,13-14H,3-6H2,1-2H3. The lowest BCUT2D eigenvalue weighted by Crippen LogP contribution is -2.53. The van der Waals surface area contributed by atoms with Crippen molar-refractivity contribution < 1.29 is 21.6 Å². The number of halogens is 3. The average Bonchev–Trinajstić information content (AvgIpc) is 2.25. The molecule has 0 radical (unpaired) electrons. The number of hydrogen-bond donors (Lipinski definition) is 2. The lowest BCUT2D eigenvalue weighted by atomic mass is 9.96. The van der Waals surface area contributed by atoms with Crippen molar-refractivity contribution in [2.24, 2.45) is 5.92 Å². The second-order valence-electron chi connectivity index (χ2n) is 4.46. The van der Waals surface area contributed by atoms with Crippen LogP contribution in [-0.4, -0.2) is 51.6 Å². The Labute approximate surface area is 105 Å². The number of hydrogen-bond acceptors (Lipinski definition) is 3. The first-order valence-electron chi connectivity index (χ1n) is 5.64. The van der Waals surface area contributed by atoms with Gasteiger partial charge < -0.3 is 5.32 Å². The maximum atomic E-state index is 12.0. The van der Waals surface area contributed by atoms with Crippen LogP contribution >= 0.6 is 0 Å². The number of nitrogens with one attached hydrogen (secondary N) is 2. The molecule has 0 amide bonds. The number of rotatable bonds is 4. The Morgan fingerprint density at radius 3 is 2.44 bits per heavy atom. The second-order valence-corrected chi connectivity index (χ2v) is 6.22. The van der Waals surface area contributed by atoms with Gasteiger partial charge in [0.15, 0.2) is 0 Å². The normalized spacial score (nSPS) is 27.4. The molecule has 1 saturated heterocycles. The highest BCUT2D eigenvalue weighted by Crippen LogP contribution is 2.19. The van der Waals surface area contributed by atoms with Gasteiger partial charge in [0.2, 0.25) is 0 Å². The molecule has 0 bridgehead atoms. The fourth-order valence-corrected chi connectivity index (χ4v) is 3.32. The van der Waals surface area contributed by atoms with Crippen molar-refractivity contribution in [1.29, 1.82) is 0 Å². The van der Waals surface area contributed by atoms with Crippen molar-refractivity contribution in [3.05, 3.63) is 0 Å². The highest BCUT2D eigenvalue weighted by molar-refractivity contribution is 7.87. The van der Waals surface area contributed by atoms with Crippen LogP contribution in [-0.2, 0) is 10.2 Å². The van der Waals surface area contributed by atoms with Gasteiger partial charge in [0, 0.05) is 19.1 Å². The van der Waals surface area contributed by atoms with Gasteiger partial charge in [-0.05, 0) is 19.4 Å². The van der Waals surface area contributed by atoms with Crippen LogP contribution in [0.2, 0.25) is 0 Å². The maximum absolute atomic E-state index is 12.0. The largest absolute Gasteiger partial charge is 0.402 e. The predicted molar refractivity (Wildman–Crippen MR) is 61.2 cm³/mol. The van der Waals surface area contributed by atoms with E-state index in [4.69, 9.17) is 0 Å². The molecule has 18 heavy (non-hydrogen) atoms. The van der Waals surface area contributed by atoms with Crippen LogP contribution in [0.4, 0.5) is 13.2 Å². The molecule has 2 unspecified atom stereocenters. The minimum atomic E-state index is -4.54. The van der Waals surface area contributed by atoms with Crippen LogP contribution in [0.3, 0.4) is 0 Å². The van der Waals surface area contributed by atoms with E-state index in [1.165, 1.54) is 0 Å². The van der Waals surface area contributed by atoms with Crippen molar-refractivity contribution in [1.82, 2.24) is 14.3 Å². The third kappa shape index (κ3) is 4.38. The molecule has 1 aliphatic heterocycles. The van der Waals surface area contributed by atoms with Gasteiger partial charge in [0.05, 0.1) is 0 Å². The molecule has 108 valence electrons. The first kappa shape index (κ1) is 15.7. The SMILES string of the molecule is CNC1CCN(S(=O)(=O)NCC(F)(F)F)CC1C. The first-order chi connectivity index (χ1) is 8.15. The van der Waals surface area contributed by atoms with Gasteiger partial charge in [-0.25, -0.2) is 0 Å². The van der Waals surface area contributed by atoms with E-state index in [0.717, 1.165) is 4.31 Å². The quantitative estimate of drug-likeness (QED) is 0.783. The molecule has 1 heterocycles. The monoisotopic (exact) mass is 289 g/mol. The van der Waals surface area contributed by atoms with Crippen molar-refractivity contribution in [2.45, 2.75) is 25.6 Å². The summed E-state index contributed by atoms with van der Waals surface area (Å²) in [6.45, 7) is 0.782. The highest BCUT2D eigenvalue weighted by Gasteiger charge is 2.35. The third-order valence-electron chi connectivity index (χ3n) is 3.03. The molecule has 0 aromatic rings. The Morgan fingerprint density at radius 1 is 1.39 bits per heavy atom. The number of nitrogens with zero attached hydrogens (tertiary/aromatic N) is 1. The van der Waals surface area contributed by atoms with Crippen molar-refractivity contribution in [2.75, 3.05) is 26.7 Å². The fraction of sp³-hybridized carbons (Fsp3) is 1.00. The van der Waals surface area contributed by atoms with Gasteiger partial charge >= 0.3 is 6.18 Å². The van der Waals surface area contributed by atoms with Crippen LogP contribution in [0.25, 0.3) is 0 Å². The second kappa shape index (κ2) is 5.72. The highest BCUT2D eigenvalue weighted by atomic mass is 32.2. The smallest absolute Gasteiger partial charge is 0.317 e. The minimum Gasteiger partial charge on any atom is -0.317 e. The van der Waals surface area contributed by atoms with Crippen LogP contribution in [0.5, 0.6) is 0 Å². The predicted octanol–water partition coefficient (Wildman–Crippen LogP) is 0.313. The van der Waals surface area contributed by atoms with E-state index in [1.807, 2.05) is 6.92 Å². The van der Waals surface area contributed by atoms with Gasteiger partial charge in [0.1, 0.15) is 6.54 Å². The molecule has 9 heteroatoms. The van der Waals surface area contributed by atoms with Crippen LogP contribution in [0.1, 0.15) is 13.3 Å². The summed E-state index contributed by atoms with van der Waals surface area (Å²) in [6.07, 6.45) is -3.95. The van der Waals surface area contributed by atoms with Crippen LogP contribution < -0.4 is 10.0 Å². The topological polar surface area (TPSA) is 61.4 Å². The van der Waals surface area contributed by atoms with Crippen molar-refractivity contribution >= 4 is 10.2 Å². The summed E-state index contributed by atoms with van der Waals surface area (Å²) in [5.74, 6) is 0.0613. The van der Waals surface area contributed by atoms with Crippen LogP contribution in [0, 0.1) is 5.92 Å². The van der Waals surface area contributed by atoms with Crippen LogP contribution in [0.15, 0.2) is 0 Å². The van der Waals surface area contributed by atoms with E-state index >= 15 is 0 Å². The molecule has 1 fully saturated rings. The van der Waals surface area contributed by atoms with Gasteiger partial charge in [0.25, 0.3) is 10.2 Å².